The first-order chi connectivity index (χ1) is 9.66. The molecule has 0 aromatic heterocycles. The van der Waals surface area contributed by atoms with Crippen molar-refractivity contribution in [1.29, 1.82) is 0 Å². The summed E-state index contributed by atoms with van der Waals surface area (Å²) < 4.78 is 0. The van der Waals surface area contributed by atoms with Gasteiger partial charge in [-0.05, 0) is 17.2 Å². The fraction of sp³-hybridized carbons (Fsp3) is 0.188. The van der Waals surface area contributed by atoms with Crippen molar-refractivity contribution in [1.82, 2.24) is 10.2 Å². The van der Waals surface area contributed by atoms with E-state index < -0.39 is 0 Å². The van der Waals surface area contributed by atoms with Gasteiger partial charge in [0.15, 0.2) is 0 Å². The van der Waals surface area contributed by atoms with Crippen LogP contribution in [0.5, 0.6) is 0 Å². The van der Waals surface area contributed by atoms with Crippen LogP contribution >= 0.6 is 11.6 Å². The van der Waals surface area contributed by atoms with Gasteiger partial charge in [0.05, 0.1) is 0 Å². The minimum atomic E-state index is -0.117. The maximum Gasteiger partial charge on any atom is 0.317 e. The van der Waals surface area contributed by atoms with Gasteiger partial charge in [0.2, 0.25) is 0 Å². The number of urea groups is 1. The maximum atomic E-state index is 12.0. The third-order valence-corrected chi connectivity index (χ3v) is 3.37. The summed E-state index contributed by atoms with van der Waals surface area (Å²) in [6.07, 6.45) is 0. The van der Waals surface area contributed by atoms with Crippen LogP contribution in [-0.2, 0) is 13.1 Å². The van der Waals surface area contributed by atoms with Crippen LogP contribution in [0.1, 0.15) is 11.1 Å². The summed E-state index contributed by atoms with van der Waals surface area (Å²) in [4.78, 5) is 13.6. The summed E-state index contributed by atoms with van der Waals surface area (Å²) in [6.45, 7) is 1.01. The van der Waals surface area contributed by atoms with Crippen molar-refractivity contribution >= 4 is 17.6 Å². The molecule has 2 amide bonds. The molecule has 0 spiro atoms. The molecule has 0 radical (unpaired) electrons. The number of benzene rings is 2. The molecule has 0 atom stereocenters. The summed E-state index contributed by atoms with van der Waals surface area (Å²) >= 11 is 6.09. The first kappa shape index (κ1) is 14.4. The molecule has 0 unspecified atom stereocenters. The number of halogens is 1. The molecule has 104 valence electrons. The molecule has 1 N–H and O–H groups in total. The summed E-state index contributed by atoms with van der Waals surface area (Å²) in [5, 5.41) is 3.56. The summed E-state index contributed by atoms with van der Waals surface area (Å²) in [5.74, 6) is 0. The Hall–Kier alpha value is -2.00. The van der Waals surface area contributed by atoms with E-state index in [0.29, 0.717) is 18.1 Å². The lowest BCUT2D eigenvalue weighted by atomic mass is 10.2. The van der Waals surface area contributed by atoms with E-state index in [-0.39, 0.29) is 6.03 Å². The van der Waals surface area contributed by atoms with Crippen LogP contribution in [0.4, 0.5) is 4.79 Å². The highest BCUT2D eigenvalue weighted by atomic mass is 35.5. The Morgan fingerprint density at radius 2 is 1.75 bits per heavy atom. The minimum absolute atomic E-state index is 0.117. The van der Waals surface area contributed by atoms with Crippen LogP contribution in [0.15, 0.2) is 54.6 Å². The molecule has 0 aliphatic carbocycles. The van der Waals surface area contributed by atoms with Crippen molar-refractivity contribution in [3.8, 4) is 0 Å². The van der Waals surface area contributed by atoms with Gasteiger partial charge < -0.3 is 10.2 Å². The molecule has 20 heavy (non-hydrogen) atoms. The number of rotatable bonds is 4. The standard InChI is InChI=1S/C16H17ClN2O/c1-19(12-14-9-5-6-10-15(14)17)16(20)18-11-13-7-3-2-4-8-13/h2-10H,11-12H2,1H3,(H,18,20). The molecule has 2 aromatic carbocycles. The van der Waals surface area contributed by atoms with Crippen molar-refractivity contribution in [2.75, 3.05) is 7.05 Å². The number of carbonyl (C=O) groups excluding carboxylic acids is 1. The van der Waals surface area contributed by atoms with Gasteiger partial charge in [0.1, 0.15) is 0 Å². The van der Waals surface area contributed by atoms with Crippen LogP contribution in [0, 0.1) is 0 Å². The summed E-state index contributed by atoms with van der Waals surface area (Å²) in [5.41, 5.74) is 2.01. The SMILES string of the molecule is CN(Cc1ccccc1Cl)C(=O)NCc1ccccc1. The smallest absolute Gasteiger partial charge is 0.317 e. The molecule has 0 aliphatic heterocycles. The molecule has 0 bridgehead atoms. The monoisotopic (exact) mass is 288 g/mol. The molecular formula is C16H17ClN2O. The van der Waals surface area contributed by atoms with Gasteiger partial charge in [-0.3, -0.25) is 0 Å². The van der Waals surface area contributed by atoms with Gasteiger partial charge >= 0.3 is 6.03 Å². The van der Waals surface area contributed by atoms with E-state index in [1.807, 2.05) is 54.6 Å². The average molecular weight is 289 g/mol. The first-order valence-electron chi connectivity index (χ1n) is 6.43. The number of nitrogens with zero attached hydrogens (tertiary/aromatic N) is 1. The second-order valence-electron chi connectivity index (χ2n) is 4.59. The largest absolute Gasteiger partial charge is 0.334 e. The Morgan fingerprint density at radius 3 is 2.45 bits per heavy atom. The maximum absolute atomic E-state index is 12.0. The van der Waals surface area contributed by atoms with Gasteiger partial charge in [-0.2, -0.15) is 0 Å². The molecule has 0 saturated heterocycles. The molecule has 2 rings (SSSR count). The third-order valence-electron chi connectivity index (χ3n) is 3.00. The van der Waals surface area contributed by atoms with Gasteiger partial charge in [-0.15, -0.1) is 0 Å². The van der Waals surface area contributed by atoms with Crippen molar-refractivity contribution in [3.63, 3.8) is 0 Å². The Kier molecular flexibility index (Phi) is 5.02. The van der Waals surface area contributed by atoms with Gasteiger partial charge in [-0.1, -0.05) is 60.1 Å². The van der Waals surface area contributed by atoms with Gasteiger partial charge in [0, 0.05) is 25.2 Å². The second-order valence-corrected chi connectivity index (χ2v) is 5.00. The highest BCUT2D eigenvalue weighted by Gasteiger charge is 2.10. The van der Waals surface area contributed by atoms with E-state index in [0.717, 1.165) is 11.1 Å². The Labute approximate surface area is 124 Å². The molecule has 0 fully saturated rings. The van der Waals surface area contributed by atoms with Crippen LogP contribution in [-0.4, -0.2) is 18.0 Å². The minimum Gasteiger partial charge on any atom is -0.334 e. The van der Waals surface area contributed by atoms with E-state index in [9.17, 15) is 4.79 Å². The van der Waals surface area contributed by atoms with Gasteiger partial charge in [0.25, 0.3) is 0 Å². The number of hydrogen-bond acceptors (Lipinski definition) is 1. The lowest BCUT2D eigenvalue weighted by molar-refractivity contribution is 0.206. The highest BCUT2D eigenvalue weighted by molar-refractivity contribution is 6.31. The lowest BCUT2D eigenvalue weighted by Crippen LogP contribution is -2.36. The molecule has 0 heterocycles. The molecule has 4 heteroatoms. The molecule has 0 aliphatic rings. The van der Waals surface area contributed by atoms with Gasteiger partial charge in [-0.25, -0.2) is 4.79 Å². The van der Waals surface area contributed by atoms with Crippen LogP contribution in [0.3, 0.4) is 0 Å². The van der Waals surface area contributed by atoms with E-state index in [4.69, 9.17) is 11.6 Å². The number of amides is 2. The van der Waals surface area contributed by atoms with Crippen molar-refractivity contribution in [3.05, 3.63) is 70.7 Å². The zero-order chi connectivity index (χ0) is 14.4. The normalized spacial score (nSPS) is 10.1. The van der Waals surface area contributed by atoms with Crippen LogP contribution in [0.25, 0.3) is 0 Å². The van der Waals surface area contributed by atoms with Crippen molar-refractivity contribution in [2.45, 2.75) is 13.1 Å². The van der Waals surface area contributed by atoms with Crippen molar-refractivity contribution < 1.29 is 4.79 Å². The Bertz CT molecular complexity index is 572. The second kappa shape index (κ2) is 6.96. The zero-order valence-electron chi connectivity index (χ0n) is 11.3. The average Bonchev–Trinajstić information content (AvgIpc) is 2.48. The van der Waals surface area contributed by atoms with E-state index in [1.54, 1.807) is 11.9 Å². The van der Waals surface area contributed by atoms with Crippen LogP contribution in [0.2, 0.25) is 5.02 Å². The number of hydrogen-bond donors (Lipinski definition) is 1. The third kappa shape index (κ3) is 4.00. The van der Waals surface area contributed by atoms with Crippen molar-refractivity contribution in [2.24, 2.45) is 0 Å². The Balaban J connectivity index is 1.88. The number of nitrogens with one attached hydrogen (secondary N) is 1. The summed E-state index contributed by atoms with van der Waals surface area (Å²) in [7, 11) is 1.75. The zero-order valence-corrected chi connectivity index (χ0v) is 12.1. The first-order valence-corrected chi connectivity index (χ1v) is 6.81. The predicted molar refractivity (Wildman–Crippen MR) is 81.6 cm³/mol. The van der Waals surface area contributed by atoms with E-state index in [2.05, 4.69) is 5.32 Å². The highest BCUT2D eigenvalue weighted by Crippen LogP contribution is 2.16. The predicted octanol–water partition coefficient (Wildman–Crippen LogP) is 3.68. The summed E-state index contributed by atoms with van der Waals surface area (Å²) in [6, 6.07) is 17.2. The fourth-order valence-corrected chi connectivity index (χ4v) is 2.06. The quantitative estimate of drug-likeness (QED) is 0.914. The lowest BCUT2D eigenvalue weighted by Gasteiger charge is -2.18. The number of carbonyl (C=O) groups is 1. The van der Waals surface area contributed by atoms with E-state index >= 15 is 0 Å². The molecule has 0 saturated carbocycles. The molecule has 2 aromatic rings. The van der Waals surface area contributed by atoms with E-state index in [1.165, 1.54) is 0 Å². The Morgan fingerprint density at radius 1 is 1.10 bits per heavy atom. The molecular weight excluding hydrogens is 272 g/mol. The molecule has 3 nitrogen and oxygen atoms in total. The topological polar surface area (TPSA) is 32.3 Å². The van der Waals surface area contributed by atoms with Crippen LogP contribution < -0.4 is 5.32 Å². The fourth-order valence-electron chi connectivity index (χ4n) is 1.86.